The van der Waals surface area contributed by atoms with Crippen LogP contribution in [0.3, 0.4) is 0 Å². The lowest BCUT2D eigenvalue weighted by Gasteiger charge is -2.42. The quantitative estimate of drug-likeness (QED) is 0.721. The maximum atomic E-state index is 9.46. The number of likely N-dealkylation sites (N-methyl/N-ethyl adjacent to an activating group) is 1. The highest BCUT2D eigenvalue weighted by atomic mass is 16.5. The van der Waals surface area contributed by atoms with Crippen LogP contribution in [0.5, 0.6) is 0 Å². The van der Waals surface area contributed by atoms with Crippen LogP contribution >= 0.6 is 0 Å². The van der Waals surface area contributed by atoms with Gasteiger partial charge in [0, 0.05) is 17.6 Å². The number of hydrogen-bond donors (Lipinski definition) is 2. The van der Waals surface area contributed by atoms with Crippen LogP contribution in [0.2, 0.25) is 0 Å². The molecule has 4 nitrogen and oxygen atoms in total. The topological polar surface area (TPSA) is 44.7 Å². The molecule has 2 N–H and O–H groups in total. The Kier molecular flexibility index (Phi) is 6.05. The van der Waals surface area contributed by atoms with Crippen molar-refractivity contribution in [3.63, 3.8) is 0 Å². The van der Waals surface area contributed by atoms with E-state index in [0.717, 1.165) is 45.7 Å². The third-order valence-electron chi connectivity index (χ3n) is 3.93. The van der Waals surface area contributed by atoms with Gasteiger partial charge in [0.1, 0.15) is 0 Å². The summed E-state index contributed by atoms with van der Waals surface area (Å²) in [5, 5.41) is 12.8. The highest BCUT2D eigenvalue weighted by Crippen LogP contribution is 2.20. The molecule has 0 aromatic rings. The van der Waals surface area contributed by atoms with Gasteiger partial charge < -0.3 is 15.2 Å². The number of hydrogen-bond acceptors (Lipinski definition) is 4. The normalized spacial score (nSPS) is 23.8. The summed E-state index contributed by atoms with van der Waals surface area (Å²) in [5.41, 5.74) is 0.0111. The van der Waals surface area contributed by atoms with Crippen molar-refractivity contribution in [2.24, 2.45) is 0 Å². The summed E-state index contributed by atoms with van der Waals surface area (Å²) in [6.07, 6.45) is 2.11. The minimum atomic E-state index is -0.134. The molecule has 108 valence electrons. The highest BCUT2D eigenvalue weighted by molar-refractivity contribution is 4.86. The second-order valence-corrected chi connectivity index (χ2v) is 6.20. The van der Waals surface area contributed by atoms with Crippen LogP contribution < -0.4 is 5.32 Å². The SMILES string of the molecule is CCNC(C)(CO)CCCN1CCOCC1(C)C. The highest BCUT2D eigenvalue weighted by Gasteiger charge is 2.30. The van der Waals surface area contributed by atoms with Crippen LogP contribution in [0.15, 0.2) is 0 Å². The van der Waals surface area contributed by atoms with E-state index < -0.39 is 0 Å². The van der Waals surface area contributed by atoms with E-state index in [1.807, 2.05) is 0 Å². The number of morpholine rings is 1. The first kappa shape index (κ1) is 15.9. The summed E-state index contributed by atoms with van der Waals surface area (Å²) in [5.74, 6) is 0. The molecule has 0 saturated carbocycles. The number of aliphatic hydroxyl groups excluding tert-OH is 1. The third-order valence-corrected chi connectivity index (χ3v) is 3.93. The molecule has 1 fully saturated rings. The molecule has 18 heavy (non-hydrogen) atoms. The molecule has 0 bridgehead atoms. The van der Waals surface area contributed by atoms with Crippen LogP contribution in [-0.4, -0.2) is 60.5 Å². The molecule has 0 radical (unpaired) electrons. The number of ether oxygens (including phenoxy) is 1. The lowest BCUT2D eigenvalue weighted by atomic mass is 9.95. The van der Waals surface area contributed by atoms with E-state index in [2.05, 4.69) is 37.9 Å². The van der Waals surface area contributed by atoms with Gasteiger partial charge in [-0.2, -0.15) is 0 Å². The Labute approximate surface area is 112 Å². The minimum Gasteiger partial charge on any atom is -0.394 e. The van der Waals surface area contributed by atoms with Gasteiger partial charge in [0.2, 0.25) is 0 Å². The van der Waals surface area contributed by atoms with Crippen LogP contribution in [0, 0.1) is 0 Å². The number of aliphatic hydroxyl groups is 1. The van der Waals surface area contributed by atoms with Crippen molar-refractivity contribution in [3.05, 3.63) is 0 Å². The first-order chi connectivity index (χ1) is 8.43. The van der Waals surface area contributed by atoms with Crippen LogP contribution in [0.25, 0.3) is 0 Å². The van der Waals surface area contributed by atoms with Crippen molar-refractivity contribution >= 4 is 0 Å². The van der Waals surface area contributed by atoms with E-state index in [4.69, 9.17) is 4.74 Å². The second kappa shape index (κ2) is 6.85. The molecule has 1 aliphatic heterocycles. The Morgan fingerprint density at radius 3 is 2.72 bits per heavy atom. The summed E-state index contributed by atoms with van der Waals surface area (Å²) in [7, 11) is 0. The summed E-state index contributed by atoms with van der Waals surface area (Å²) < 4.78 is 5.53. The minimum absolute atomic E-state index is 0.134. The van der Waals surface area contributed by atoms with Gasteiger partial charge in [-0.25, -0.2) is 0 Å². The Morgan fingerprint density at radius 1 is 1.44 bits per heavy atom. The van der Waals surface area contributed by atoms with Gasteiger partial charge in [0.15, 0.2) is 0 Å². The molecule has 1 saturated heterocycles. The molecule has 1 unspecified atom stereocenters. The lowest BCUT2D eigenvalue weighted by molar-refractivity contribution is -0.0521. The average molecular weight is 258 g/mol. The third kappa shape index (κ3) is 4.50. The zero-order valence-electron chi connectivity index (χ0n) is 12.5. The Balaban J connectivity index is 2.36. The molecule has 0 amide bonds. The largest absolute Gasteiger partial charge is 0.394 e. The van der Waals surface area contributed by atoms with Crippen LogP contribution in [0.1, 0.15) is 40.5 Å². The van der Waals surface area contributed by atoms with Crippen molar-refractivity contribution in [1.82, 2.24) is 10.2 Å². The maximum Gasteiger partial charge on any atom is 0.0645 e. The van der Waals surface area contributed by atoms with E-state index in [1.54, 1.807) is 0 Å². The fourth-order valence-electron chi connectivity index (χ4n) is 2.62. The van der Waals surface area contributed by atoms with Crippen LogP contribution in [-0.2, 0) is 4.74 Å². The van der Waals surface area contributed by atoms with E-state index in [1.165, 1.54) is 0 Å². The fraction of sp³-hybridized carbons (Fsp3) is 1.00. The van der Waals surface area contributed by atoms with Gasteiger partial charge >= 0.3 is 0 Å². The molecule has 0 aromatic carbocycles. The molecule has 1 rings (SSSR count). The number of rotatable bonds is 7. The number of nitrogens with zero attached hydrogens (tertiary/aromatic N) is 1. The molecular formula is C14H30N2O2. The van der Waals surface area contributed by atoms with Gasteiger partial charge in [-0.1, -0.05) is 6.92 Å². The van der Waals surface area contributed by atoms with Gasteiger partial charge in [-0.3, -0.25) is 4.90 Å². The summed E-state index contributed by atoms with van der Waals surface area (Å²) >= 11 is 0. The molecule has 0 aliphatic carbocycles. The Hall–Kier alpha value is -0.160. The van der Waals surface area contributed by atoms with E-state index in [9.17, 15) is 5.11 Å². The standard InChI is InChI=1S/C14H30N2O2/c1-5-15-14(4,11-17)7-6-8-16-9-10-18-12-13(16,2)3/h15,17H,5-12H2,1-4H3. The Bertz CT molecular complexity index is 246. The van der Waals surface area contributed by atoms with E-state index in [0.29, 0.717) is 0 Å². The molecular weight excluding hydrogens is 228 g/mol. The van der Waals surface area contributed by atoms with Crippen molar-refractivity contribution < 1.29 is 9.84 Å². The lowest BCUT2D eigenvalue weighted by Crippen LogP contribution is -2.53. The molecule has 0 spiro atoms. The Morgan fingerprint density at radius 2 is 2.17 bits per heavy atom. The van der Waals surface area contributed by atoms with Crippen molar-refractivity contribution in [2.45, 2.75) is 51.6 Å². The maximum absolute atomic E-state index is 9.46. The summed E-state index contributed by atoms with van der Waals surface area (Å²) in [6.45, 7) is 13.5. The summed E-state index contributed by atoms with van der Waals surface area (Å²) in [4.78, 5) is 2.50. The number of nitrogens with one attached hydrogen (secondary N) is 1. The summed E-state index contributed by atoms with van der Waals surface area (Å²) in [6, 6.07) is 0. The van der Waals surface area contributed by atoms with Gasteiger partial charge in [0.25, 0.3) is 0 Å². The zero-order valence-corrected chi connectivity index (χ0v) is 12.5. The smallest absolute Gasteiger partial charge is 0.0645 e. The zero-order chi connectivity index (χ0) is 13.6. The molecule has 1 aliphatic rings. The predicted molar refractivity (Wildman–Crippen MR) is 74.9 cm³/mol. The van der Waals surface area contributed by atoms with Crippen LogP contribution in [0.4, 0.5) is 0 Å². The molecule has 1 atom stereocenters. The predicted octanol–water partition coefficient (Wildman–Crippen LogP) is 1.24. The average Bonchev–Trinajstić information content (AvgIpc) is 2.31. The van der Waals surface area contributed by atoms with Crippen molar-refractivity contribution in [1.29, 1.82) is 0 Å². The van der Waals surface area contributed by atoms with Crippen molar-refractivity contribution in [2.75, 3.05) is 39.5 Å². The van der Waals surface area contributed by atoms with Gasteiger partial charge in [-0.15, -0.1) is 0 Å². The van der Waals surface area contributed by atoms with Gasteiger partial charge in [0.05, 0.1) is 19.8 Å². The monoisotopic (exact) mass is 258 g/mol. The van der Waals surface area contributed by atoms with E-state index in [-0.39, 0.29) is 17.7 Å². The molecule has 0 aromatic heterocycles. The fourth-order valence-corrected chi connectivity index (χ4v) is 2.62. The second-order valence-electron chi connectivity index (χ2n) is 6.20. The molecule has 1 heterocycles. The first-order valence-electron chi connectivity index (χ1n) is 7.12. The first-order valence-corrected chi connectivity index (χ1v) is 7.12. The van der Waals surface area contributed by atoms with Gasteiger partial charge in [-0.05, 0) is 46.7 Å². The van der Waals surface area contributed by atoms with Crippen molar-refractivity contribution in [3.8, 4) is 0 Å². The molecule has 4 heteroatoms. The van der Waals surface area contributed by atoms with E-state index >= 15 is 0 Å².